The summed E-state index contributed by atoms with van der Waals surface area (Å²) in [5.74, 6) is 2.20. The molecule has 1 nitrogen and oxygen atoms in total. The molecule has 1 saturated carbocycles. The molecule has 0 heterocycles. The molecular weight excluding hydrogens is 136 g/mol. The summed E-state index contributed by atoms with van der Waals surface area (Å²) in [6, 6.07) is 0. The predicted molar refractivity (Wildman–Crippen MR) is 46.4 cm³/mol. The summed E-state index contributed by atoms with van der Waals surface area (Å²) in [7, 11) is 0. The molecule has 0 unspecified atom stereocenters. The highest BCUT2D eigenvalue weighted by Crippen LogP contribution is 2.32. The smallest absolute Gasteiger partial charge is 0.136 e. The highest BCUT2D eigenvalue weighted by Gasteiger charge is 2.31. The third-order valence-corrected chi connectivity index (χ3v) is 2.67. The van der Waals surface area contributed by atoms with Crippen LogP contribution in [0.4, 0.5) is 0 Å². The van der Waals surface area contributed by atoms with E-state index in [-0.39, 0.29) is 0 Å². The van der Waals surface area contributed by atoms with Crippen molar-refractivity contribution in [1.29, 1.82) is 0 Å². The molecule has 0 amide bonds. The van der Waals surface area contributed by atoms with Gasteiger partial charge in [-0.2, -0.15) is 0 Å². The maximum atomic E-state index is 11.3. The van der Waals surface area contributed by atoms with Crippen LogP contribution in [0.25, 0.3) is 0 Å². The van der Waals surface area contributed by atoms with Crippen molar-refractivity contribution < 1.29 is 4.79 Å². The van der Waals surface area contributed by atoms with Crippen LogP contribution in [0.15, 0.2) is 0 Å². The van der Waals surface area contributed by atoms with Gasteiger partial charge in [-0.05, 0) is 24.7 Å². The first-order chi connectivity index (χ1) is 5.11. The van der Waals surface area contributed by atoms with E-state index in [2.05, 4.69) is 20.8 Å². The highest BCUT2D eigenvalue weighted by atomic mass is 16.1. The summed E-state index contributed by atoms with van der Waals surface area (Å²) in [6.07, 6.45) is 3.05. The molecule has 1 fully saturated rings. The zero-order valence-corrected chi connectivity index (χ0v) is 7.76. The van der Waals surface area contributed by atoms with Crippen molar-refractivity contribution in [2.75, 3.05) is 0 Å². The summed E-state index contributed by atoms with van der Waals surface area (Å²) in [5.41, 5.74) is 0. The van der Waals surface area contributed by atoms with Gasteiger partial charge in [-0.25, -0.2) is 0 Å². The number of carbonyl (C=O) groups is 1. The topological polar surface area (TPSA) is 17.1 Å². The lowest BCUT2D eigenvalue weighted by atomic mass is 9.89. The molecule has 64 valence electrons. The third-order valence-electron chi connectivity index (χ3n) is 2.67. The van der Waals surface area contributed by atoms with Crippen LogP contribution in [0.3, 0.4) is 0 Å². The van der Waals surface area contributed by atoms with E-state index in [0.717, 1.165) is 19.3 Å². The van der Waals surface area contributed by atoms with Gasteiger partial charge in [0.25, 0.3) is 0 Å². The molecule has 1 rings (SSSR count). The van der Waals surface area contributed by atoms with Crippen molar-refractivity contribution in [3.8, 4) is 0 Å². The van der Waals surface area contributed by atoms with Crippen molar-refractivity contribution in [3.05, 3.63) is 0 Å². The van der Waals surface area contributed by atoms with E-state index in [1.54, 1.807) is 0 Å². The van der Waals surface area contributed by atoms with Gasteiger partial charge in [-0.1, -0.05) is 20.8 Å². The van der Waals surface area contributed by atoms with E-state index in [0.29, 0.717) is 23.5 Å². The molecule has 0 aromatic rings. The molecule has 0 bridgehead atoms. The first-order valence-electron chi connectivity index (χ1n) is 4.64. The lowest BCUT2D eigenvalue weighted by Gasteiger charge is -2.15. The predicted octanol–water partition coefficient (Wildman–Crippen LogP) is 2.65. The summed E-state index contributed by atoms with van der Waals surface area (Å²) in [6.45, 7) is 6.59. The molecule has 0 aliphatic heterocycles. The van der Waals surface area contributed by atoms with Gasteiger partial charge in [0.15, 0.2) is 0 Å². The van der Waals surface area contributed by atoms with E-state index < -0.39 is 0 Å². The molecule has 1 aliphatic rings. The summed E-state index contributed by atoms with van der Waals surface area (Å²) in [4.78, 5) is 11.3. The molecule has 0 saturated heterocycles. The van der Waals surface area contributed by atoms with E-state index in [1.165, 1.54) is 0 Å². The zero-order chi connectivity index (χ0) is 8.43. The summed E-state index contributed by atoms with van der Waals surface area (Å²) < 4.78 is 0. The average molecular weight is 154 g/mol. The normalized spacial score (nSPS) is 31.8. The Labute approximate surface area is 69.2 Å². The fourth-order valence-electron chi connectivity index (χ4n) is 1.95. The second-order valence-electron chi connectivity index (χ2n) is 4.22. The molecular formula is C10H18O. The van der Waals surface area contributed by atoms with Gasteiger partial charge in [0.05, 0.1) is 0 Å². The third kappa shape index (κ3) is 2.05. The van der Waals surface area contributed by atoms with Gasteiger partial charge in [-0.15, -0.1) is 0 Å². The van der Waals surface area contributed by atoms with Gasteiger partial charge in [-0.3, -0.25) is 4.79 Å². The lowest BCUT2D eigenvalue weighted by Crippen LogP contribution is -2.14. The maximum absolute atomic E-state index is 11.3. The van der Waals surface area contributed by atoms with Gasteiger partial charge < -0.3 is 0 Å². The number of hydrogen-bond donors (Lipinski definition) is 0. The van der Waals surface area contributed by atoms with Crippen LogP contribution in [0, 0.1) is 17.8 Å². The van der Waals surface area contributed by atoms with E-state index >= 15 is 0 Å². The summed E-state index contributed by atoms with van der Waals surface area (Å²) in [5, 5.41) is 0. The molecule has 0 spiro atoms. The maximum Gasteiger partial charge on any atom is 0.136 e. The van der Waals surface area contributed by atoms with E-state index in [9.17, 15) is 4.79 Å². The average Bonchev–Trinajstić information content (AvgIpc) is 2.18. The van der Waals surface area contributed by atoms with Crippen molar-refractivity contribution in [2.45, 2.75) is 40.0 Å². The Balaban J connectivity index is 2.48. The standard InChI is InChI=1S/C10H18O/c1-7(2)6-9-8(3)4-5-10(9)11/h7-9H,4-6H2,1-3H3/t8-,9-/m0/s1. The second kappa shape index (κ2) is 3.38. The fourth-order valence-corrected chi connectivity index (χ4v) is 1.95. The van der Waals surface area contributed by atoms with Crippen molar-refractivity contribution in [3.63, 3.8) is 0 Å². The second-order valence-corrected chi connectivity index (χ2v) is 4.22. The van der Waals surface area contributed by atoms with Crippen molar-refractivity contribution >= 4 is 5.78 Å². The quantitative estimate of drug-likeness (QED) is 0.597. The highest BCUT2D eigenvalue weighted by molar-refractivity contribution is 5.83. The summed E-state index contributed by atoms with van der Waals surface area (Å²) >= 11 is 0. The molecule has 0 aromatic carbocycles. The van der Waals surface area contributed by atoms with Gasteiger partial charge >= 0.3 is 0 Å². The Hall–Kier alpha value is -0.330. The molecule has 11 heavy (non-hydrogen) atoms. The van der Waals surface area contributed by atoms with Crippen LogP contribution in [-0.2, 0) is 4.79 Å². The number of carbonyl (C=O) groups excluding carboxylic acids is 1. The van der Waals surface area contributed by atoms with E-state index in [4.69, 9.17) is 0 Å². The minimum absolute atomic E-state index is 0.384. The number of hydrogen-bond acceptors (Lipinski definition) is 1. The Kier molecular flexibility index (Phi) is 2.69. The monoisotopic (exact) mass is 154 g/mol. The fraction of sp³-hybridized carbons (Fsp3) is 0.900. The Morgan fingerprint density at radius 3 is 2.55 bits per heavy atom. The molecule has 0 N–H and O–H groups in total. The Morgan fingerprint density at radius 2 is 2.18 bits per heavy atom. The first-order valence-corrected chi connectivity index (χ1v) is 4.64. The van der Waals surface area contributed by atoms with Crippen LogP contribution >= 0.6 is 0 Å². The lowest BCUT2D eigenvalue weighted by molar-refractivity contribution is -0.121. The molecule has 1 aliphatic carbocycles. The largest absolute Gasteiger partial charge is 0.299 e. The van der Waals surface area contributed by atoms with Crippen LogP contribution in [-0.4, -0.2) is 5.78 Å². The van der Waals surface area contributed by atoms with E-state index in [1.807, 2.05) is 0 Å². The van der Waals surface area contributed by atoms with Crippen LogP contribution < -0.4 is 0 Å². The SMILES string of the molecule is CC(C)C[C@@H]1C(=O)CC[C@@H]1C. The molecule has 0 aromatic heterocycles. The Morgan fingerprint density at radius 1 is 1.55 bits per heavy atom. The molecule has 0 radical (unpaired) electrons. The van der Waals surface area contributed by atoms with Gasteiger partial charge in [0.1, 0.15) is 5.78 Å². The van der Waals surface area contributed by atoms with Gasteiger partial charge in [0, 0.05) is 12.3 Å². The van der Waals surface area contributed by atoms with Crippen LogP contribution in [0.5, 0.6) is 0 Å². The van der Waals surface area contributed by atoms with Crippen LogP contribution in [0.1, 0.15) is 40.0 Å². The van der Waals surface area contributed by atoms with Gasteiger partial charge in [0.2, 0.25) is 0 Å². The zero-order valence-electron chi connectivity index (χ0n) is 7.76. The molecule has 2 atom stereocenters. The Bertz CT molecular complexity index is 149. The van der Waals surface area contributed by atoms with Crippen molar-refractivity contribution in [1.82, 2.24) is 0 Å². The first kappa shape index (κ1) is 8.76. The molecule has 1 heteroatoms. The number of Topliss-reactive ketones (excluding diaryl/α,β-unsaturated/α-hetero) is 1. The van der Waals surface area contributed by atoms with Crippen LogP contribution in [0.2, 0.25) is 0 Å². The number of ketones is 1. The minimum atomic E-state index is 0.384. The van der Waals surface area contributed by atoms with Crippen molar-refractivity contribution in [2.24, 2.45) is 17.8 Å². The number of rotatable bonds is 2. The minimum Gasteiger partial charge on any atom is -0.299 e.